The smallest absolute Gasteiger partial charge is 0.261 e. The predicted molar refractivity (Wildman–Crippen MR) is 72.2 cm³/mol. The van der Waals surface area contributed by atoms with Gasteiger partial charge in [-0.1, -0.05) is 12.1 Å². The normalized spacial score (nSPS) is 17.3. The summed E-state index contributed by atoms with van der Waals surface area (Å²) < 4.78 is 0. The third-order valence-corrected chi connectivity index (χ3v) is 3.61. The molecule has 1 heterocycles. The Bertz CT molecular complexity index is 543. The van der Waals surface area contributed by atoms with E-state index in [1.54, 1.807) is 24.3 Å². The number of amides is 3. The van der Waals surface area contributed by atoms with E-state index in [1.165, 1.54) is 4.90 Å². The summed E-state index contributed by atoms with van der Waals surface area (Å²) in [5.74, 6) is -0.509. The molecular weight excluding hydrogens is 256 g/mol. The molecule has 3 rings (SSSR count). The highest BCUT2D eigenvalue weighted by molar-refractivity contribution is 6.21. The second-order valence-electron chi connectivity index (χ2n) is 5.25. The number of nitrogens with one attached hydrogen (secondary N) is 1. The zero-order valence-corrected chi connectivity index (χ0v) is 11.1. The minimum absolute atomic E-state index is 0.00380. The van der Waals surface area contributed by atoms with Crippen molar-refractivity contribution in [3.05, 3.63) is 35.4 Å². The third-order valence-electron chi connectivity index (χ3n) is 3.61. The van der Waals surface area contributed by atoms with Gasteiger partial charge in [-0.3, -0.25) is 19.3 Å². The minimum Gasteiger partial charge on any atom is -0.353 e. The van der Waals surface area contributed by atoms with E-state index in [4.69, 9.17) is 0 Å². The van der Waals surface area contributed by atoms with E-state index in [0.717, 1.165) is 12.8 Å². The molecule has 0 radical (unpaired) electrons. The van der Waals surface area contributed by atoms with Gasteiger partial charge < -0.3 is 5.32 Å². The Hall–Kier alpha value is -2.17. The van der Waals surface area contributed by atoms with Crippen molar-refractivity contribution < 1.29 is 14.4 Å². The fourth-order valence-electron chi connectivity index (χ4n) is 2.37. The average Bonchev–Trinajstić information content (AvgIpc) is 3.22. The van der Waals surface area contributed by atoms with E-state index in [0.29, 0.717) is 36.6 Å². The van der Waals surface area contributed by atoms with Crippen molar-refractivity contribution >= 4 is 17.7 Å². The van der Waals surface area contributed by atoms with Gasteiger partial charge in [-0.15, -0.1) is 0 Å². The molecule has 3 amide bonds. The summed E-state index contributed by atoms with van der Waals surface area (Å²) in [6.45, 7) is 0.296. The molecule has 0 atom stereocenters. The van der Waals surface area contributed by atoms with Gasteiger partial charge in [0.15, 0.2) is 0 Å². The Balaban J connectivity index is 1.55. The van der Waals surface area contributed by atoms with E-state index in [-0.39, 0.29) is 17.7 Å². The van der Waals surface area contributed by atoms with Crippen molar-refractivity contribution in [1.29, 1.82) is 0 Å². The number of fused-ring (bicyclic) bond motifs is 1. The highest BCUT2D eigenvalue weighted by Crippen LogP contribution is 2.23. The zero-order chi connectivity index (χ0) is 14.1. The lowest BCUT2D eigenvalue weighted by molar-refractivity contribution is -0.121. The number of hydrogen-bond acceptors (Lipinski definition) is 3. The van der Waals surface area contributed by atoms with E-state index in [9.17, 15) is 14.4 Å². The average molecular weight is 272 g/mol. The van der Waals surface area contributed by atoms with Gasteiger partial charge in [0.2, 0.25) is 5.91 Å². The lowest BCUT2D eigenvalue weighted by Gasteiger charge is -2.13. The Morgan fingerprint density at radius 2 is 1.75 bits per heavy atom. The number of nitrogens with zero attached hydrogens (tertiary/aromatic N) is 1. The molecule has 1 aromatic carbocycles. The summed E-state index contributed by atoms with van der Waals surface area (Å²) in [6.07, 6.45) is 2.97. The summed E-state index contributed by atoms with van der Waals surface area (Å²) in [7, 11) is 0. The fraction of sp³-hybridized carbons (Fsp3) is 0.400. The largest absolute Gasteiger partial charge is 0.353 e. The van der Waals surface area contributed by atoms with Crippen LogP contribution in [-0.2, 0) is 4.79 Å². The van der Waals surface area contributed by atoms with Crippen LogP contribution in [0.5, 0.6) is 0 Å². The summed E-state index contributed by atoms with van der Waals surface area (Å²) >= 11 is 0. The molecule has 1 aromatic rings. The summed E-state index contributed by atoms with van der Waals surface area (Å²) in [6, 6.07) is 7.17. The first-order valence-corrected chi connectivity index (χ1v) is 6.91. The maximum absolute atomic E-state index is 12.1. The number of carbonyl (C=O) groups is 3. The number of hydrogen-bond donors (Lipinski definition) is 1. The van der Waals surface area contributed by atoms with Gasteiger partial charge in [-0.05, 0) is 31.4 Å². The van der Waals surface area contributed by atoms with Crippen molar-refractivity contribution in [2.75, 3.05) is 6.54 Å². The van der Waals surface area contributed by atoms with Gasteiger partial charge in [0, 0.05) is 19.0 Å². The maximum Gasteiger partial charge on any atom is 0.261 e. The third kappa shape index (κ3) is 2.43. The number of rotatable bonds is 5. The molecule has 20 heavy (non-hydrogen) atoms. The highest BCUT2D eigenvalue weighted by atomic mass is 16.2. The van der Waals surface area contributed by atoms with Crippen molar-refractivity contribution in [3.63, 3.8) is 0 Å². The van der Waals surface area contributed by atoms with Gasteiger partial charge in [0.1, 0.15) is 0 Å². The van der Waals surface area contributed by atoms with Crippen LogP contribution in [0.2, 0.25) is 0 Å². The molecular formula is C15H16N2O3. The highest BCUT2D eigenvalue weighted by Gasteiger charge is 2.34. The molecule has 2 aliphatic rings. The quantitative estimate of drug-likeness (QED) is 0.823. The fourth-order valence-corrected chi connectivity index (χ4v) is 2.37. The molecule has 1 saturated carbocycles. The lowest BCUT2D eigenvalue weighted by atomic mass is 10.1. The van der Waals surface area contributed by atoms with Crippen molar-refractivity contribution in [3.8, 4) is 0 Å². The van der Waals surface area contributed by atoms with E-state index >= 15 is 0 Å². The molecule has 1 N–H and O–H groups in total. The molecule has 104 valence electrons. The Labute approximate surface area is 116 Å². The molecule has 5 heteroatoms. The molecule has 0 saturated heterocycles. The van der Waals surface area contributed by atoms with Crippen molar-refractivity contribution in [2.45, 2.75) is 31.7 Å². The molecule has 1 fully saturated rings. The molecule has 0 aromatic heterocycles. The Kier molecular flexibility index (Phi) is 3.26. The van der Waals surface area contributed by atoms with Crippen LogP contribution in [0, 0.1) is 0 Å². The number of imide groups is 1. The van der Waals surface area contributed by atoms with Crippen LogP contribution in [0.25, 0.3) is 0 Å². The van der Waals surface area contributed by atoms with Gasteiger partial charge in [-0.25, -0.2) is 0 Å². The Morgan fingerprint density at radius 3 is 2.30 bits per heavy atom. The van der Waals surface area contributed by atoms with Gasteiger partial charge in [0.25, 0.3) is 11.8 Å². The van der Waals surface area contributed by atoms with Crippen molar-refractivity contribution in [1.82, 2.24) is 10.2 Å². The first-order valence-electron chi connectivity index (χ1n) is 6.91. The molecule has 5 nitrogen and oxygen atoms in total. The molecule has 1 aliphatic heterocycles. The van der Waals surface area contributed by atoms with Crippen LogP contribution in [0.4, 0.5) is 0 Å². The first-order chi connectivity index (χ1) is 9.66. The van der Waals surface area contributed by atoms with Gasteiger partial charge >= 0.3 is 0 Å². The lowest BCUT2D eigenvalue weighted by Crippen LogP contribution is -2.32. The van der Waals surface area contributed by atoms with Crippen LogP contribution in [-0.4, -0.2) is 35.2 Å². The second-order valence-corrected chi connectivity index (χ2v) is 5.25. The first kappa shape index (κ1) is 12.8. The number of benzene rings is 1. The minimum atomic E-state index is -0.256. The molecule has 0 bridgehead atoms. The van der Waals surface area contributed by atoms with Crippen LogP contribution in [0.1, 0.15) is 46.4 Å². The van der Waals surface area contributed by atoms with Crippen LogP contribution >= 0.6 is 0 Å². The summed E-state index contributed by atoms with van der Waals surface area (Å²) in [4.78, 5) is 36.9. The molecule has 0 spiro atoms. The van der Waals surface area contributed by atoms with Gasteiger partial charge in [0.05, 0.1) is 11.1 Å². The van der Waals surface area contributed by atoms with E-state index in [1.807, 2.05) is 0 Å². The van der Waals surface area contributed by atoms with Crippen LogP contribution in [0.3, 0.4) is 0 Å². The summed E-state index contributed by atoms with van der Waals surface area (Å²) in [5, 5.41) is 2.89. The van der Waals surface area contributed by atoms with Gasteiger partial charge in [-0.2, -0.15) is 0 Å². The SMILES string of the molecule is O=C(CCCN1C(=O)c2ccccc2C1=O)NC1CC1. The van der Waals surface area contributed by atoms with Crippen LogP contribution in [0.15, 0.2) is 24.3 Å². The summed E-state index contributed by atoms with van der Waals surface area (Å²) in [5.41, 5.74) is 0.917. The molecule has 1 aliphatic carbocycles. The topological polar surface area (TPSA) is 66.5 Å². The predicted octanol–water partition coefficient (Wildman–Crippen LogP) is 1.34. The monoisotopic (exact) mass is 272 g/mol. The van der Waals surface area contributed by atoms with E-state index in [2.05, 4.69) is 5.32 Å². The second kappa shape index (κ2) is 5.07. The van der Waals surface area contributed by atoms with Crippen molar-refractivity contribution in [2.24, 2.45) is 0 Å². The Morgan fingerprint density at radius 1 is 1.15 bits per heavy atom. The molecule has 0 unspecified atom stereocenters. The van der Waals surface area contributed by atoms with E-state index < -0.39 is 0 Å². The zero-order valence-electron chi connectivity index (χ0n) is 11.1. The van der Waals surface area contributed by atoms with Crippen LogP contribution < -0.4 is 5.32 Å². The number of carbonyl (C=O) groups excluding carboxylic acids is 3. The maximum atomic E-state index is 12.1. The standard InChI is InChI=1S/C15H16N2O3/c18-13(16-10-7-8-10)6-3-9-17-14(19)11-4-1-2-5-12(11)15(17)20/h1-2,4-5,10H,3,6-9H2,(H,16,18).